The fraction of sp³-hybridized carbons (Fsp3) is 0.667. The van der Waals surface area contributed by atoms with E-state index in [1.807, 2.05) is 0 Å². The van der Waals surface area contributed by atoms with Gasteiger partial charge in [0.15, 0.2) is 0 Å². The van der Waals surface area contributed by atoms with Crippen LogP contribution in [0.4, 0.5) is 0 Å². The van der Waals surface area contributed by atoms with E-state index in [0.29, 0.717) is 0 Å². The third-order valence-corrected chi connectivity index (χ3v) is 1.23. The van der Waals surface area contributed by atoms with Crippen molar-refractivity contribution in [2.24, 2.45) is 0 Å². The largest absolute Gasteiger partial charge is 0.395 e. The van der Waals surface area contributed by atoms with Gasteiger partial charge in [0.2, 0.25) is 0 Å². The van der Waals surface area contributed by atoms with Crippen LogP contribution in [0.1, 0.15) is 0 Å². The van der Waals surface area contributed by atoms with Crippen molar-refractivity contribution in [3.63, 3.8) is 0 Å². The fourth-order valence-corrected chi connectivity index (χ4v) is 0.428. The second kappa shape index (κ2) is 2.30. The Bertz CT molecular complexity index is 123. The molecule has 0 rings (SSSR count). The molecule has 0 aromatic heterocycles. The summed E-state index contributed by atoms with van der Waals surface area (Å²) in [7, 11) is -2.92. The van der Waals surface area contributed by atoms with Gasteiger partial charge in [0, 0.05) is 0 Å². The lowest BCUT2D eigenvalue weighted by Gasteiger charge is -1.92. The van der Waals surface area contributed by atoms with Crippen LogP contribution >= 0.6 is 0 Å². The minimum absolute atomic E-state index is 0.132. The van der Waals surface area contributed by atoms with Crippen molar-refractivity contribution in [3.05, 3.63) is 0 Å². The van der Waals surface area contributed by atoms with E-state index in [1.54, 1.807) is 0 Å². The van der Waals surface area contributed by atoms with Gasteiger partial charge in [-0.25, -0.2) is 4.21 Å². The highest BCUT2D eigenvalue weighted by atomic mass is 32.2. The summed E-state index contributed by atoms with van der Waals surface area (Å²) in [6.45, 7) is -0.279. The van der Waals surface area contributed by atoms with E-state index in [1.165, 1.54) is 0 Å². The van der Waals surface area contributed by atoms with Gasteiger partial charge in [0.25, 0.3) is 0 Å². The van der Waals surface area contributed by atoms with Crippen LogP contribution < -0.4 is 0 Å². The smallest absolute Gasteiger partial charge is 0.0768 e. The molecule has 0 aliphatic heterocycles. The van der Waals surface area contributed by atoms with E-state index in [2.05, 4.69) is 5.87 Å². The molecule has 0 fully saturated rings. The SMILES string of the molecule is C=S(=O)(O)CCO. The molecule has 2 N–H and O–H groups in total. The molecule has 1 atom stereocenters. The number of hydrogen-bond acceptors (Lipinski definition) is 2. The lowest BCUT2D eigenvalue weighted by Crippen LogP contribution is -2.06. The van der Waals surface area contributed by atoms with E-state index in [-0.39, 0.29) is 12.4 Å². The van der Waals surface area contributed by atoms with E-state index in [9.17, 15) is 4.21 Å². The molecule has 0 aliphatic carbocycles. The summed E-state index contributed by atoms with van der Waals surface area (Å²) in [4.78, 5) is 0. The van der Waals surface area contributed by atoms with Crippen LogP contribution in [0.25, 0.3) is 0 Å². The third kappa shape index (κ3) is 5.94. The van der Waals surface area contributed by atoms with Crippen molar-refractivity contribution < 1.29 is 13.9 Å². The molecule has 0 spiro atoms. The van der Waals surface area contributed by atoms with Crippen LogP contribution in [0.5, 0.6) is 0 Å². The monoisotopic (exact) mass is 124 g/mol. The van der Waals surface area contributed by atoms with Gasteiger partial charge >= 0.3 is 0 Å². The molecule has 0 saturated heterocycles. The average Bonchev–Trinajstić information content (AvgIpc) is 1.30. The lowest BCUT2D eigenvalue weighted by atomic mass is 10.9. The van der Waals surface area contributed by atoms with Gasteiger partial charge in [-0.15, -0.1) is 0 Å². The van der Waals surface area contributed by atoms with E-state index in [4.69, 9.17) is 9.66 Å². The molecule has 0 aliphatic rings. The maximum atomic E-state index is 10.1. The highest BCUT2D eigenvalue weighted by Crippen LogP contribution is 1.76. The number of aliphatic hydroxyl groups is 1. The van der Waals surface area contributed by atoms with Crippen molar-refractivity contribution in [1.82, 2.24) is 0 Å². The number of aliphatic hydroxyl groups excluding tert-OH is 1. The first-order valence-corrected chi connectivity index (χ1v) is 3.60. The van der Waals surface area contributed by atoms with Gasteiger partial charge in [-0.1, -0.05) is 0 Å². The second-order valence-corrected chi connectivity index (χ2v) is 3.15. The van der Waals surface area contributed by atoms with Crippen LogP contribution in [0, 0.1) is 0 Å². The number of hydrogen-bond donors (Lipinski definition) is 2. The minimum atomic E-state index is -2.92. The van der Waals surface area contributed by atoms with Crippen LogP contribution in [-0.2, 0) is 9.80 Å². The summed E-state index contributed by atoms with van der Waals surface area (Å²) in [5, 5.41) is 8.02. The molecular formula is C3H8O3S. The summed E-state index contributed by atoms with van der Waals surface area (Å²) in [5.74, 6) is 2.75. The van der Waals surface area contributed by atoms with E-state index < -0.39 is 9.80 Å². The molecular weight excluding hydrogens is 116 g/mol. The Hall–Kier alpha value is -0.0600. The summed E-state index contributed by atoms with van der Waals surface area (Å²) < 4.78 is 18.3. The molecule has 1 unspecified atom stereocenters. The predicted molar refractivity (Wildman–Crippen MR) is 29.8 cm³/mol. The zero-order valence-electron chi connectivity index (χ0n) is 3.83. The first kappa shape index (κ1) is 6.94. The van der Waals surface area contributed by atoms with Crippen molar-refractivity contribution >= 4 is 15.7 Å². The topological polar surface area (TPSA) is 57.5 Å². The molecule has 0 heterocycles. The highest BCUT2D eigenvalue weighted by Gasteiger charge is 1.91. The Morgan fingerprint density at radius 3 is 2.14 bits per heavy atom. The van der Waals surface area contributed by atoms with Gasteiger partial charge in [0.1, 0.15) is 0 Å². The molecule has 3 nitrogen and oxygen atoms in total. The molecule has 0 radical (unpaired) electrons. The van der Waals surface area contributed by atoms with Gasteiger partial charge in [-0.05, 0) is 5.87 Å². The Morgan fingerprint density at radius 1 is 1.71 bits per heavy atom. The Morgan fingerprint density at radius 2 is 2.14 bits per heavy atom. The molecule has 0 saturated carbocycles. The summed E-state index contributed by atoms with van der Waals surface area (Å²) >= 11 is 0. The Labute approximate surface area is 42.8 Å². The summed E-state index contributed by atoms with van der Waals surface area (Å²) in [6, 6.07) is 0. The van der Waals surface area contributed by atoms with Gasteiger partial charge in [0.05, 0.1) is 22.2 Å². The second-order valence-electron chi connectivity index (χ2n) is 1.20. The minimum Gasteiger partial charge on any atom is -0.395 e. The van der Waals surface area contributed by atoms with Gasteiger partial charge in [-0.3, -0.25) is 0 Å². The summed E-state index contributed by atoms with van der Waals surface area (Å²) in [6.07, 6.45) is 0. The molecule has 0 amide bonds. The molecule has 0 aromatic carbocycles. The first-order valence-electron chi connectivity index (χ1n) is 1.74. The van der Waals surface area contributed by atoms with Gasteiger partial charge < -0.3 is 9.66 Å². The molecule has 7 heavy (non-hydrogen) atoms. The molecule has 0 bridgehead atoms. The number of rotatable bonds is 2. The summed E-state index contributed by atoms with van der Waals surface area (Å²) in [5.41, 5.74) is 0. The predicted octanol–water partition coefficient (Wildman–Crippen LogP) is -0.832. The van der Waals surface area contributed by atoms with E-state index in [0.717, 1.165) is 0 Å². The van der Waals surface area contributed by atoms with E-state index >= 15 is 0 Å². The van der Waals surface area contributed by atoms with Crippen molar-refractivity contribution in [3.8, 4) is 0 Å². The highest BCUT2D eigenvalue weighted by molar-refractivity contribution is 7.95. The molecule has 0 aromatic rings. The maximum absolute atomic E-state index is 10.1. The molecule has 44 valence electrons. The first-order chi connectivity index (χ1) is 3.06. The van der Waals surface area contributed by atoms with Crippen molar-refractivity contribution in [1.29, 1.82) is 0 Å². The quantitative estimate of drug-likeness (QED) is 0.472. The molecule has 4 heteroatoms. The van der Waals surface area contributed by atoms with Gasteiger partial charge in [-0.2, -0.15) is 0 Å². The Kier molecular flexibility index (Phi) is 2.28. The zero-order chi connectivity index (χ0) is 5.91. The average molecular weight is 124 g/mol. The zero-order valence-corrected chi connectivity index (χ0v) is 4.65. The fourth-order valence-electron chi connectivity index (χ4n) is 0.143. The maximum Gasteiger partial charge on any atom is 0.0768 e. The standard InChI is InChI=1S/C3H8O3S/c1-7(5,6)3-2-4/h4H,1-3H2,(H,5,6). The van der Waals surface area contributed by atoms with Crippen molar-refractivity contribution in [2.75, 3.05) is 12.4 Å². The van der Waals surface area contributed by atoms with Crippen LogP contribution in [0.2, 0.25) is 0 Å². The van der Waals surface area contributed by atoms with Crippen LogP contribution in [0.3, 0.4) is 0 Å². The van der Waals surface area contributed by atoms with Crippen molar-refractivity contribution in [2.45, 2.75) is 0 Å². The Balaban J connectivity index is 3.60. The van der Waals surface area contributed by atoms with Crippen LogP contribution in [0.15, 0.2) is 0 Å². The third-order valence-electron chi connectivity index (χ3n) is 0.410. The van der Waals surface area contributed by atoms with Crippen LogP contribution in [-0.4, -0.2) is 32.1 Å². The normalized spacial score (nSPS) is 18.6. The lowest BCUT2D eigenvalue weighted by molar-refractivity contribution is 0.318.